The van der Waals surface area contributed by atoms with E-state index in [2.05, 4.69) is 27.2 Å². The molecule has 0 saturated carbocycles. The SMILES string of the molecule is CCCC(C)Oc1nc(N)c2[nH]c(=O)n(CCCCCNCC3CCOCC3)c2n1. The summed E-state index contributed by atoms with van der Waals surface area (Å²) in [5.74, 6) is 0.983. The number of H-pyrrole nitrogens is 1. The normalized spacial score (nSPS) is 16.2. The van der Waals surface area contributed by atoms with Crippen LogP contribution in [0.2, 0.25) is 0 Å². The molecule has 1 unspecified atom stereocenters. The molecule has 0 bridgehead atoms. The Labute approximate surface area is 177 Å². The molecular formula is C21H36N6O3. The summed E-state index contributed by atoms with van der Waals surface area (Å²) in [4.78, 5) is 23.8. The zero-order chi connectivity index (χ0) is 21.3. The zero-order valence-corrected chi connectivity index (χ0v) is 18.3. The molecule has 0 amide bonds. The largest absolute Gasteiger partial charge is 0.460 e. The lowest BCUT2D eigenvalue weighted by atomic mass is 10.0. The van der Waals surface area contributed by atoms with Gasteiger partial charge in [0, 0.05) is 19.8 Å². The minimum Gasteiger partial charge on any atom is -0.460 e. The van der Waals surface area contributed by atoms with Gasteiger partial charge in [0.05, 0.1) is 6.10 Å². The van der Waals surface area contributed by atoms with Gasteiger partial charge in [0.25, 0.3) is 0 Å². The summed E-state index contributed by atoms with van der Waals surface area (Å²) in [5, 5.41) is 3.55. The molecule has 9 nitrogen and oxygen atoms in total. The maximum Gasteiger partial charge on any atom is 0.327 e. The number of hydrogen-bond acceptors (Lipinski definition) is 7. The minimum absolute atomic E-state index is 0.000371. The number of unbranched alkanes of at least 4 members (excludes halogenated alkanes) is 2. The predicted octanol–water partition coefficient (Wildman–Crippen LogP) is 2.46. The summed E-state index contributed by atoms with van der Waals surface area (Å²) >= 11 is 0. The first-order chi connectivity index (χ1) is 14.6. The van der Waals surface area contributed by atoms with Gasteiger partial charge in [-0.05, 0) is 58.0 Å². The first-order valence-electron chi connectivity index (χ1n) is 11.3. The van der Waals surface area contributed by atoms with Crippen LogP contribution in [0.25, 0.3) is 11.2 Å². The number of imidazole rings is 1. The second-order valence-corrected chi connectivity index (χ2v) is 8.21. The number of ether oxygens (including phenoxy) is 2. The topological polar surface area (TPSA) is 120 Å². The van der Waals surface area contributed by atoms with Crippen molar-refractivity contribution < 1.29 is 9.47 Å². The maximum atomic E-state index is 12.4. The Balaban J connectivity index is 1.49. The first-order valence-corrected chi connectivity index (χ1v) is 11.3. The molecule has 0 aromatic carbocycles. The third kappa shape index (κ3) is 6.18. The molecule has 1 fully saturated rings. The molecule has 2 aromatic heterocycles. The molecule has 3 rings (SSSR count). The second kappa shape index (κ2) is 11.3. The lowest BCUT2D eigenvalue weighted by Gasteiger charge is -2.22. The molecule has 4 N–H and O–H groups in total. The highest BCUT2D eigenvalue weighted by atomic mass is 16.5. The number of fused-ring (bicyclic) bond motifs is 1. The van der Waals surface area contributed by atoms with E-state index in [0.29, 0.717) is 17.7 Å². The Kier molecular flexibility index (Phi) is 8.50. The highest BCUT2D eigenvalue weighted by Crippen LogP contribution is 2.19. The quantitative estimate of drug-likeness (QED) is 0.451. The van der Waals surface area contributed by atoms with Crippen molar-refractivity contribution in [2.75, 3.05) is 32.0 Å². The van der Waals surface area contributed by atoms with E-state index < -0.39 is 0 Å². The van der Waals surface area contributed by atoms with Gasteiger partial charge in [0.2, 0.25) is 0 Å². The number of nitrogens with two attached hydrogens (primary N) is 1. The summed E-state index contributed by atoms with van der Waals surface area (Å²) in [6.07, 6.45) is 7.26. The molecule has 30 heavy (non-hydrogen) atoms. The summed E-state index contributed by atoms with van der Waals surface area (Å²) in [6.45, 7) is 8.53. The Hall–Kier alpha value is -2.13. The number of nitrogen functional groups attached to an aromatic ring is 1. The Morgan fingerprint density at radius 1 is 1.30 bits per heavy atom. The minimum atomic E-state index is -0.206. The zero-order valence-electron chi connectivity index (χ0n) is 18.3. The maximum absolute atomic E-state index is 12.4. The molecule has 0 spiro atoms. The van der Waals surface area contributed by atoms with Gasteiger partial charge >= 0.3 is 11.7 Å². The van der Waals surface area contributed by atoms with Crippen LogP contribution in [0.4, 0.5) is 5.82 Å². The van der Waals surface area contributed by atoms with Crippen LogP contribution >= 0.6 is 0 Å². The second-order valence-electron chi connectivity index (χ2n) is 8.21. The molecule has 0 aliphatic carbocycles. The van der Waals surface area contributed by atoms with Gasteiger partial charge in [0.15, 0.2) is 11.5 Å². The van der Waals surface area contributed by atoms with Gasteiger partial charge in [-0.1, -0.05) is 19.8 Å². The smallest absolute Gasteiger partial charge is 0.327 e. The number of nitrogens with one attached hydrogen (secondary N) is 2. The number of rotatable bonds is 12. The molecule has 1 saturated heterocycles. The molecular weight excluding hydrogens is 384 g/mol. The number of nitrogens with zero attached hydrogens (tertiary/aromatic N) is 3. The Morgan fingerprint density at radius 2 is 2.10 bits per heavy atom. The van der Waals surface area contributed by atoms with Crippen LogP contribution in [0.15, 0.2) is 4.79 Å². The van der Waals surface area contributed by atoms with E-state index >= 15 is 0 Å². The standard InChI is InChI=1S/C21H36N6O3/c1-3-7-15(2)30-20-25-18(22)17-19(26-20)27(21(28)24-17)11-6-4-5-10-23-14-16-8-12-29-13-9-16/h15-16,23H,3-14H2,1-2H3,(H,24,28)(H2,22,25,26). The van der Waals surface area contributed by atoms with E-state index in [9.17, 15) is 4.79 Å². The van der Waals surface area contributed by atoms with Gasteiger partial charge in [-0.25, -0.2) is 4.79 Å². The lowest BCUT2D eigenvalue weighted by molar-refractivity contribution is 0.0663. The fourth-order valence-corrected chi connectivity index (χ4v) is 3.89. The van der Waals surface area contributed by atoms with Crippen molar-refractivity contribution in [2.45, 2.75) is 71.4 Å². The van der Waals surface area contributed by atoms with Crippen molar-refractivity contribution in [3.63, 3.8) is 0 Å². The summed E-state index contributed by atoms with van der Waals surface area (Å²) in [5.41, 5.74) is 6.82. The summed E-state index contributed by atoms with van der Waals surface area (Å²) < 4.78 is 12.8. The third-order valence-corrected chi connectivity index (χ3v) is 5.64. The van der Waals surface area contributed by atoms with Gasteiger partial charge in [-0.2, -0.15) is 9.97 Å². The van der Waals surface area contributed by atoms with E-state index in [1.807, 2.05) is 6.92 Å². The van der Waals surface area contributed by atoms with Crippen LogP contribution in [0, 0.1) is 5.92 Å². The van der Waals surface area contributed by atoms with E-state index in [-0.39, 0.29) is 23.6 Å². The van der Waals surface area contributed by atoms with Crippen LogP contribution < -0.4 is 21.5 Å². The molecule has 1 aliphatic rings. The molecule has 9 heteroatoms. The van der Waals surface area contributed by atoms with Crippen LogP contribution in [-0.2, 0) is 11.3 Å². The van der Waals surface area contributed by atoms with Gasteiger partial charge < -0.3 is 25.5 Å². The monoisotopic (exact) mass is 420 g/mol. The van der Waals surface area contributed by atoms with Crippen molar-refractivity contribution in [3.05, 3.63) is 10.5 Å². The van der Waals surface area contributed by atoms with Crippen LogP contribution in [0.5, 0.6) is 6.01 Å². The Bertz CT molecular complexity index is 843. The van der Waals surface area contributed by atoms with Crippen molar-refractivity contribution >= 4 is 17.0 Å². The van der Waals surface area contributed by atoms with Gasteiger partial charge in [0.1, 0.15) is 5.52 Å². The molecule has 1 atom stereocenters. The van der Waals surface area contributed by atoms with Crippen LogP contribution in [0.3, 0.4) is 0 Å². The number of aromatic amines is 1. The lowest BCUT2D eigenvalue weighted by Crippen LogP contribution is -2.28. The molecule has 0 radical (unpaired) electrons. The molecule has 2 aromatic rings. The van der Waals surface area contributed by atoms with Crippen molar-refractivity contribution in [2.24, 2.45) is 5.92 Å². The van der Waals surface area contributed by atoms with Crippen molar-refractivity contribution in [3.8, 4) is 6.01 Å². The summed E-state index contributed by atoms with van der Waals surface area (Å²) in [6, 6.07) is 0.228. The molecule has 1 aliphatic heterocycles. The fourth-order valence-electron chi connectivity index (χ4n) is 3.89. The van der Waals surface area contributed by atoms with Gasteiger partial charge in [-0.3, -0.25) is 4.57 Å². The highest BCUT2D eigenvalue weighted by molar-refractivity contribution is 5.81. The average molecular weight is 421 g/mol. The van der Waals surface area contributed by atoms with Crippen LogP contribution in [-0.4, -0.2) is 51.9 Å². The van der Waals surface area contributed by atoms with Crippen molar-refractivity contribution in [1.82, 2.24) is 24.8 Å². The Morgan fingerprint density at radius 3 is 2.87 bits per heavy atom. The number of aryl methyl sites for hydroxylation is 1. The van der Waals surface area contributed by atoms with Crippen LogP contribution in [0.1, 0.15) is 58.8 Å². The first kappa shape index (κ1) is 22.6. The van der Waals surface area contributed by atoms with E-state index in [0.717, 1.165) is 77.2 Å². The van der Waals surface area contributed by atoms with E-state index in [1.54, 1.807) is 4.57 Å². The number of anilines is 1. The number of aromatic nitrogens is 4. The van der Waals surface area contributed by atoms with Gasteiger partial charge in [-0.15, -0.1) is 0 Å². The average Bonchev–Trinajstić information content (AvgIpc) is 3.04. The fraction of sp³-hybridized carbons (Fsp3) is 0.762. The van der Waals surface area contributed by atoms with E-state index in [4.69, 9.17) is 15.2 Å². The predicted molar refractivity (Wildman–Crippen MR) is 118 cm³/mol. The molecule has 3 heterocycles. The van der Waals surface area contributed by atoms with E-state index in [1.165, 1.54) is 0 Å². The third-order valence-electron chi connectivity index (χ3n) is 5.64. The molecule has 168 valence electrons. The van der Waals surface area contributed by atoms with Crippen molar-refractivity contribution in [1.29, 1.82) is 0 Å². The summed E-state index contributed by atoms with van der Waals surface area (Å²) in [7, 11) is 0. The highest BCUT2D eigenvalue weighted by Gasteiger charge is 2.16. The number of hydrogen-bond donors (Lipinski definition) is 3.